The van der Waals surface area contributed by atoms with Gasteiger partial charge in [-0.15, -0.1) is 0 Å². The topological polar surface area (TPSA) is 71.1 Å². The maximum Gasteiger partial charge on any atom is 0.343 e. The van der Waals surface area contributed by atoms with Crippen molar-refractivity contribution in [2.24, 2.45) is 0 Å². The predicted octanol–water partition coefficient (Wildman–Crippen LogP) is 5.50. The SMILES string of the molecule is COc1ccc(C(=O)Oc2ccc3c(c2C)O/C(=C\c2ccc(Cl)cc2)C3=O)cc1OC. The van der Waals surface area contributed by atoms with Gasteiger partial charge in [0, 0.05) is 10.6 Å². The third-order valence-corrected chi connectivity index (χ3v) is 5.28. The van der Waals surface area contributed by atoms with Crippen molar-refractivity contribution in [2.75, 3.05) is 14.2 Å². The lowest BCUT2D eigenvalue weighted by Crippen LogP contribution is -2.10. The third-order valence-electron chi connectivity index (χ3n) is 5.03. The zero-order chi connectivity index (χ0) is 22.8. The first-order chi connectivity index (χ1) is 15.4. The Morgan fingerprint density at radius 3 is 2.31 bits per heavy atom. The molecule has 1 aliphatic heterocycles. The molecule has 0 atom stereocenters. The molecule has 0 aliphatic carbocycles. The number of carbonyl (C=O) groups excluding carboxylic acids is 2. The summed E-state index contributed by atoms with van der Waals surface area (Å²) in [5, 5.41) is 0.603. The van der Waals surface area contributed by atoms with Crippen LogP contribution in [-0.4, -0.2) is 26.0 Å². The number of allylic oxidation sites excluding steroid dienone is 1. The smallest absolute Gasteiger partial charge is 0.343 e. The number of methoxy groups -OCH3 is 2. The van der Waals surface area contributed by atoms with Gasteiger partial charge in [0.15, 0.2) is 17.3 Å². The molecule has 0 spiro atoms. The van der Waals surface area contributed by atoms with E-state index in [0.29, 0.717) is 44.7 Å². The number of rotatable bonds is 5. The van der Waals surface area contributed by atoms with E-state index in [-0.39, 0.29) is 11.5 Å². The van der Waals surface area contributed by atoms with Crippen molar-refractivity contribution in [3.63, 3.8) is 0 Å². The molecule has 0 amide bonds. The van der Waals surface area contributed by atoms with E-state index in [9.17, 15) is 9.59 Å². The van der Waals surface area contributed by atoms with Crippen LogP contribution in [0.2, 0.25) is 5.02 Å². The molecule has 32 heavy (non-hydrogen) atoms. The second-order valence-electron chi connectivity index (χ2n) is 7.02. The highest BCUT2D eigenvalue weighted by atomic mass is 35.5. The molecule has 3 aromatic rings. The minimum atomic E-state index is -0.574. The molecule has 0 N–H and O–H groups in total. The van der Waals surface area contributed by atoms with Crippen LogP contribution in [0.4, 0.5) is 0 Å². The summed E-state index contributed by atoms with van der Waals surface area (Å²) in [6.07, 6.45) is 1.65. The summed E-state index contributed by atoms with van der Waals surface area (Å²) in [4.78, 5) is 25.4. The molecule has 0 aromatic heterocycles. The molecule has 6 nitrogen and oxygen atoms in total. The third kappa shape index (κ3) is 4.05. The minimum Gasteiger partial charge on any atom is -0.493 e. The summed E-state index contributed by atoms with van der Waals surface area (Å²) in [6.45, 7) is 1.73. The van der Waals surface area contributed by atoms with Crippen LogP contribution in [0, 0.1) is 6.92 Å². The zero-order valence-electron chi connectivity index (χ0n) is 17.6. The number of Topliss-reactive ketones (excluding diaryl/α,β-unsaturated/α-hetero) is 1. The number of ketones is 1. The Bertz CT molecular complexity index is 1240. The van der Waals surface area contributed by atoms with E-state index < -0.39 is 5.97 Å². The monoisotopic (exact) mass is 450 g/mol. The summed E-state index contributed by atoms with van der Waals surface area (Å²) in [5.41, 5.74) is 2.03. The number of ether oxygens (including phenoxy) is 4. The Hall–Kier alpha value is -3.77. The van der Waals surface area contributed by atoms with Gasteiger partial charge < -0.3 is 18.9 Å². The van der Waals surface area contributed by atoms with Crippen molar-refractivity contribution in [1.82, 2.24) is 0 Å². The second-order valence-corrected chi connectivity index (χ2v) is 7.45. The Balaban J connectivity index is 1.59. The van der Waals surface area contributed by atoms with Crippen molar-refractivity contribution in [1.29, 1.82) is 0 Å². The molecule has 1 aliphatic rings. The van der Waals surface area contributed by atoms with E-state index in [1.165, 1.54) is 20.3 Å². The first kappa shape index (κ1) is 21.5. The van der Waals surface area contributed by atoms with Crippen LogP contribution in [0.1, 0.15) is 31.8 Å². The average molecular weight is 451 g/mol. The highest BCUT2D eigenvalue weighted by molar-refractivity contribution is 6.30. The van der Waals surface area contributed by atoms with Crippen LogP contribution in [0.5, 0.6) is 23.0 Å². The number of esters is 1. The van der Waals surface area contributed by atoms with Crippen LogP contribution in [0.3, 0.4) is 0 Å². The number of hydrogen-bond donors (Lipinski definition) is 0. The molecule has 0 unspecified atom stereocenters. The minimum absolute atomic E-state index is 0.189. The van der Waals surface area contributed by atoms with E-state index in [0.717, 1.165) is 5.56 Å². The lowest BCUT2D eigenvalue weighted by molar-refractivity contribution is 0.0732. The summed E-state index contributed by atoms with van der Waals surface area (Å²) in [6, 6.07) is 15.0. The lowest BCUT2D eigenvalue weighted by atomic mass is 10.1. The van der Waals surface area contributed by atoms with Crippen molar-refractivity contribution in [3.8, 4) is 23.0 Å². The molecule has 162 valence electrons. The maximum absolute atomic E-state index is 12.8. The molecule has 0 radical (unpaired) electrons. The molecule has 4 rings (SSSR count). The predicted molar refractivity (Wildman–Crippen MR) is 120 cm³/mol. The van der Waals surface area contributed by atoms with E-state index in [2.05, 4.69) is 0 Å². The summed E-state index contributed by atoms with van der Waals surface area (Å²) in [5.74, 6) is 0.958. The van der Waals surface area contributed by atoms with Crippen LogP contribution in [0.15, 0.2) is 60.4 Å². The normalized spacial score (nSPS) is 13.5. The van der Waals surface area contributed by atoms with Gasteiger partial charge in [-0.1, -0.05) is 23.7 Å². The van der Waals surface area contributed by atoms with E-state index in [1.807, 2.05) is 0 Å². The number of fused-ring (bicyclic) bond motifs is 1. The van der Waals surface area contributed by atoms with Gasteiger partial charge in [0.25, 0.3) is 0 Å². The molecule has 0 saturated heterocycles. The van der Waals surface area contributed by atoms with Gasteiger partial charge in [0.05, 0.1) is 25.3 Å². The lowest BCUT2D eigenvalue weighted by Gasteiger charge is -2.12. The average Bonchev–Trinajstić information content (AvgIpc) is 3.12. The largest absolute Gasteiger partial charge is 0.493 e. The Labute approximate surface area is 189 Å². The van der Waals surface area contributed by atoms with Gasteiger partial charge in [-0.3, -0.25) is 4.79 Å². The van der Waals surface area contributed by atoms with Crippen LogP contribution in [0.25, 0.3) is 6.08 Å². The van der Waals surface area contributed by atoms with E-state index in [4.69, 9.17) is 30.5 Å². The maximum atomic E-state index is 12.8. The van der Waals surface area contributed by atoms with Gasteiger partial charge >= 0.3 is 5.97 Å². The van der Waals surface area contributed by atoms with Gasteiger partial charge in [-0.2, -0.15) is 0 Å². The Kier molecular flexibility index (Phi) is 5.88. The molecule has 0 saturated carbocycles. The highest BCUT2D eigenvalue weighted by Gasteiger charge is 2.30. The standard InChI is InChI=1S/C25H19ClO6/c1-14-19(32-25(28)16-6-10-20(29-2)21(13-16)30-3)11-9-18-23(27)22(31-24(14)18)12-15-4-7-17(26)8-5-15/h4-13H,1-3H3/b22-12-. The van der Waals surface area contributed by atoms with Crippen molar-refractivity contribution >= 4 is 29.4 Å². The Morgan fingerprint density at radius 1 is 0.938 bits per heavy atom. The number of halogens is 1. The summed E-state index contributed by atoms with van der Waals surface area (Å²) >= 11 is 5.91. The van der Waals surface area contributed by atoms with Crippen molar-refractivity contribution in [3.05, 3.63) is 87.6 Å². The quantitative estimate of drug-likeness (QED) is 0.290. The highest BCUT2D eigenvalue weighted by Crippen LogP contribution is 2.39. The first-order valence-electron chi connectivity index (χ1n) is 9.69. The second kappa shape index (κ2) is 8.77. The molecule has 3 aromatic carbocycles. The number of hydrogen-bond acceptors (Lipinski definition) is 6. The zero-order valence-corrected chi connectivity index (χ0v) is 18.4. The molecular weight excluding hydrogens is 432 g/mol. The molecule has 7 heteroatoms. The van der Waals surface area contributed by atoms with Gasteiger partial charge in [0.1, 0.15) is 11.5 Å². The van der Waals surface area contributed by atoms with Crippen LogP contribution < -0.4 is 18.9 Å². The fourth-order valence-electron chi connectivity index (χ4n) is 3.31. The summed E-state index contributed by atoms with van der Waals surface area (Å²) < 4.78 is 21.8. The van der Waals surface area contributed by atoms with Gasteiger partial charge in [-0.25, -0.2) is 4.79 Å². The van der Waals surface area contributed by atoms with Crippen LogP contribution in [-0.2, 0) is 0 Å². The number of benzene rings is 3. The van der Waals surface area contributed by atoms with Crippen LogP contribution >= 0.6 is 11.6 Å². The fourth-order valence-corrected chi connectivity index (χ4v) is 3.44. The van der Waals surface area contributed by atoms with E-state index >= 15 is 0 Å². The van der Waals surface area contributed by atoms with Gasteiger partial charge in [-0.05, 0) is 61.0 Å². The fraction of sp³-hybridized carbons (Fsp3) is 0.120. The van der Waals surface area contributed by atoms with E-state index in [1.54, 1.807) is 61.5 Å². The molecule has 1 heterocycles. The molecular formula is C25H19ClO6. The molecule has 0 fully saturated rings. The molecule has 0 bridgehead atoms. The summed E-state index contributed by atoms with van der Waals surface area (Å²) in [7, 11) is 3.00. The number of carbonyl (C=O) groups is 2. The van der Waals surface area contributed by atoms with Gasteiger partial charge in [0.2, 0.25) is 5.78 Å². The first-order valence-corrected chi connectivity index (χ1v) is 10.1. The van der Waals surface area contributed by atoms with Crippen molar-refractivity contribution in [2.45, 2.75) is 6.92 Å². The van der Waals surface area contributed by atoms with Crippen molar-refractivity contribution < 1.29 is 28.5 Å². The Morgan fingerprint density at radius 2 is 1.62 bits per heavy atom.